The molecule has 1 aliphatic carbocycles. The highest BCUT2D eigenvalue weighted by Gasteiger charge is 2.20. The van der Waals surface area contributed by atoms with Crippen LogP contribution in [0.5, 0.6) is 0 Å². The van der Waals surface area contributed by atoms with E-state index in [9.17, 15) is 0 Å². The molecule has 1 rings (SSSR count). The summed E-state index contributed by atoms with van der Waals surface area (Å²) in [5, 5.41) is 3.63. The van der Waals surface area contributed by atoms with Gasteiger partial charge in [0, 0.05) is 12.6 Å². The largest absolute Gasteiger partial charge is 0.380 e. The van der Waals surface area contributed by atoms with Gasteiger partial charge >= 0.3 is 0 Å². The van der Waals surface area contributed by atoms with E-state index in [1.807, 2.05) is 0 Å². The third kappa shape index (κ3) is 3.97. The quantitative estimate of drug-likeness (QED) is 0.680. The molecule has 1 atom stereocenters. The molecule has 2 nitrogen and oxygen atoms in total. The van der Waals surface area contributed by atoms with Crippen molar-refractivity contribution < 1.29 is 4.74 Å². The van der Waals surface area contributed by atoms with Crippen LogP contribution in [0.25, 0.3) is 0 Å². The summed E-state index contributed by atoms with van der Waals surface area (Å²) in [6.45, 7) is 9.46. The second-order valence-corrected chi connectivity index (χ2v) is 4.72. The highest BCUT2D eigenvalue weighted by Crippen LogP contribution is 2.25. The molecule has 1 fully saturated rings. The van der Waals surface area contributed by atoms with E-state index in [0.717, 1.165) is 19.1 Å². The first kappa shape index (κ1) is 12.0. The SMILES string of the molecule is CCOCC(NCC1CCC1)C(C)C. The van der Waals surface area contributed by atoms with Crippen molar-refractivity contribution in [3.63, 3.8) is 0 Å². The Morgan fingerprint density at radius 2 is 2.07 bits per heavy atom. The van der Waals surface area contributed by atoms with Gasteiger partial charge in [0.2, 0.25) is 0 Å². The highest BCUT2D eigenvalue weighted by atomic mass is 16.5. The van der Waals surface area contributed by atoms with Gasteiger partial charge in [-0.25, -0.2) is 0 Å². The molecule has 0 aromatic carbocycles. The summed E-state index contributed by atoms with van der Waals surface area (Å²) < 4.78 is 5.48. The maximum Gasteiger partial charge on any atom is 0.0621 e. The van der Waals surface area contributed by atoms with Crippen molar-refractivity contribution in [3.8, 4) is 0 Å². The van der Waals surface area contributed by atoms with E-state index in [2.05, 4.69) is 26.1 Å². The summed E-state index contributed by atoms with van der Waals surface area (Å²) in [5.41, 5.74) is 0. The molecule has 0 aliphatic heterocycles. The molecule has 0 radical (unpaired) electrons. The van der Waals surface area contributed by atoms with Crippen LogP contribution in [0.3, 0.4) is 0 Å². The zero-order valence-corrected chi connectivity index (χ0v) is 9.88. The lowest BCUT2D eigenvalue weighted by Crippen LogP contribution is -2.41. The first-order valence-electron chi connectivity index (χ1n) is 6.05. The normalized spacial score (nSPS) is 19.7. The lowest BCUT2D eigenvalue weighted by molar-refractivity contribution is 0.104. The van der Waals surface area contributed by atoms with Crippen LogP contribution in [0, 0.1) is 11.8 Å². The van der Waals surface area contributed by atoms with E-state index in [0.29, 0.717) is 12.0 Å². The molecule has 1 aliphatic rings. The van der Waals surface area contributed by atoms with Crippen molar-refractivity contribution in [3.05, 3.63) is 0 Å². The van der Waals surface area contributed by atoms with Crippen molar-refractivity contribution >= 4 is 0 Å². The fourth-order valence-electron chi connectivity index (χ4n) is 1.75. The average molecular weight is 199 g/mol. The lowest BCUT2D eigenvalue weighted by Gasteiger charge is -2.29. The predicted molar refractivity (Wildman–Crippen MR) is 60.5 cm³/mol. The van der Waals surface area contributed by atoms with Crippen LogP contribution in [0.2, 0.25) is 0 Å². The molecule has 1 unspecified atom stereocenters. The number of hydrogen-bond acceptors (Lipinski definition) is 2. The summed E-state index contributed by atoms with van der Waals surface area (Å²) in [6, 6.07) is 0.538. The Balaban J connectivity index is 2.13. The maximum absolute atomic E-state index is 5.48. The van der Waals surface area contributed by atoms with E-state index in [-0.39, 0.29) is 0 Å². The van der Waals surface area contributed by atoms with E-state index in [1.54, 1.807) is 0 Å². The molecule has 0 aromatic rings. The Labute approximate surface area is 88.4 Å². The molecular weight excluding hydrogens is 174 g/mol. The minimum Gasteiger partial charge on any atom is -0.380 e. The minimum atomic E-state index is 0.538. The fraction of sp³-hybridized carbons (Fsp3) is 1.00. The Bertz CT molecular complexity index is 143. The molecule has 84 valence electrons. The molecule has 0 aromatic heterocycles. The molecule has 0 spiro atoms. The molecule has 1 N–H and O–H groups in total. The minimum absolute atomic E-state index is 0.538. The summed E-state index contributed by atoms with van der Waals surface area (Å²) >= 11 is 0. The topological polar surface area (TPSA) is 21.3 Å². The third-order valence-corrected chi connectivity index (χ3v) is 3.20. The molecule has 0 bridgehead atoms. The zero-order valence-electron chi connectivity index (χ0n) is 9.88. The second-order valence-electron chi connectivity index (χ2n) is 4.72. The number of nitrogens with one attached hydrogen (secondary N) is 1. The summed E-state index contributed by atoms with van der Waals surface area (Å²) in [4.78, 5) is 0. The van der Waals surface area contributed by atoms with Gasteiger partial charge in [0.05, 0.1) is 6.61 Å². The maximum atomic E-state index is 5.48. The van der Waals surface area contributed by atoms with Gasteiger partial charge in [-0.05, 0) is 38.1 Å². The van der Waals surface area contributed by atoms with E-state index in [4.69, 9.17) is 4.74 Å². The highest BCUT2D eigenvalue weighted by molar-refractivity contribution is 4.76. The monoisotopic (exact) mass is 199 g/mol. The van der Waals surface area contributed by atoms with E-state index < -0.39 is 0 Å². The van der Waals surface area contributed by atoms with E-state index >= 15 is 0 Å². The van der Waals surface area contributed by atoms with Gasteiger partial charge in [0.1, 0.15) is 0 Å². The van der Waals surface area contributed by atoms with Gasteiger partial charge in [0.25, 0.3) is 0 Å². The summed E-state index contributed by atoms with van der Waals surface area (Å²) in [5.74, 6) is 1.61. The first-order chi connectivity index (χ1) is 6.74. The van der Waals surface area contributed by atoms with Crippen molar-refractivity contribution in [1.82, 2.24) is 5.32 Å². The molecule has 14 heavy (non-hydrogen) atoms. The Morgan fingerprint density at radius 3 is 2.50 bits per heavy atom. The average Bonchev–Trinajstić information content (AvgIpc) is 2.07. The van der Waals surface area contributed by atoms with Gasteiger partial charge in [-0.2, -0.15) is 0 Å². The predicted octanol–water partition coefficient (Wildman–Crippen LogP) is 2.44. The number of hydrogen-bond donors (Lipinski definition) is 1. The van der Waals surface area contributed by atoms with Crippen LogP contribution >= 0.6 is 0 Å². The van der Waals surface area contributed by atoms with Crippen LogP contribution in [-0.2, 0) is 4.74 Å². The Morgan fingerprint density at radius 1 is 1.36 bits per heavy atom. The van der Waals surface area contributed by atoms with Crippen LogP contribution in [0.15, 0.2) is 0 Å². The van der Waals surface area contributed by atoms with Gasteiger partial charge in [-0.15, -0.1) is 0 Å². The van der Waals surface area contributed by atoms with Gasteiger partial charge < -0.3 is 10.1 Å². The van der Waals surface area contributed by atoms with Gasteiger partial charge in [-0.3, -0.25) is 0 Å². The zero-order chi connectivity index (χ0) is 10.4. The molecule has 0 amide bonds. The number of ether oxygens (including phenoxy) is 1. The summed E-state index contributed by atoms with van der Waals surface area (Å²) in [6.07, 6.45) is 4.28. The molecule has 0 heterocycles. The van der Waals surface area contributed by atoms with Crippen molar-refractivity contribution in [1.29, 1.82) is 0 Å². The number of rotatable bonds is 7. The van der Waals surface area contributed by atoms with Gasteiger partial charge in [-0.1, -0.05) is 20.3 Å². The van der Waals surface area contributed by atoms with Gasteiger partial charge in [0.15, 0.2) is 0 Å². The summed E-state index contributed by atoms with van der Waals surface area (Å²) in [7, 11) is 0. The fourth-order valence-corrected chi connectivity index (χ4v) is 1.75. The first-order valence-corrected chi connectivity index (χ1v) is 6.05. The standard InChI is InChI=1S/C12H25NO/c1-4-14-9-12(10(2)3)13-8-11-6-5-7-11/h10-13H,4-9H2,1-3H3. The van der Waals surface area contributed by atoms with Crippen LogP contribution in [0.1, 0.15) is 40.0 Å². The Hall–Kier alpha value is -0.0800. The van der Waals surface area contributed by atoms with Crippen LogP contribution in [-0.4, -0.2) is 25.8 Å². The lowest BCUT2D eigenvalue weighted by atomic mass is 9.85. The second kappa shape index (κ2) is 6.41. The van der Waals surface area contributed by atoms with Crippen LogP contribution < -0.4 is 5.32 Å². The molecule has 1 saturated carbocycles. The van der Waals surface area contributed by atoms with Crippen molar-refractivity contribution in [2.75, 3.05) is 19.8 Å². The van der Waals surface area contributed by atoms with Crippen molar-refractivity contribution in [2.45, 2.75) is 46.1 Å². The molecule has 2 heteroatoms. The smallest absolute Gasteiger partial charge is 0.0621 e. The van der Waals surface area contributed by atoms with Crippen molar-refractivity contribution in [2.24, 2.45) is 11.8 Å². The van der Waals surface area contributed by atoms with E-state index in [1.165, 1.54) is 25.8 Å². The third-order valence-electron chi connectivity index (χ3n) is 3.20. The molecular formula is C12H25NO. The molecule has 0 saturated heterocycles. The Kier molecular flexibility index (Phi) is 5.49. The van der Waals surface area contributed by atoms with Crippen LogP contribution in [0.4, 0.5) is 0 Å².